The van der Waals surface area contributed by atoms with Gasteiger partial charge in [0.05, 0.1) is 17.7 Å². The third-order valence-electron chi connectivity index (χ3n) is 5.66. The van der Waals surface area contributed by atoms with Gasteiger partial charge in [0.15, 0.2) is 5.13 Å². The molecule has 0 radical (unpaired) electrons. The van der Waals surface area contributed by atoms with E-state index in [1.807, 2.05) is 36.1 Å². The first-order chi connectivity index (χ1) is 15.0. The molecule has 0 N–H and O–H groups in total. The monoisotopic (exact) mass is 439 g/mol. The van der Waals surface area contributed by atoms with Crippen LogP contribution in [0.4, 0.5) is 5.13 Å². The summed E-state index contributed by atoms with van der Waals surface area (Å²) in [5.74, 6) is 0.847. The number of nitrogens with zero attached hydrogens (tertiary/aromatic N) is 3. The minimum absolute atomic E-state index is 0.0763. The van der Waals surface area contributed by atoms with Crippen molar-refractivity contribution in [2.45, 2.75) is 41.0 Å². The van der Waals surface area contributed by atoms with Gasteiger partial charge in [-0.15, -0.1) is 0 Å². The molecule has 0 saturated heterocycles. The topological polar surface area (TPSA) is 45.7 Å². The number of carbonyl (C=O) groups excluding carboxylic acids is 1. The molecular formula is C25H33N3O2S. The highest BCUT2D eigenvalue weighted by Crippen LogP contribution is 2.34. The maximum Gasteiger partial charge on any atom is 0.233 e. The van der Waals surface area contributed by atoms with E-state index in [0.29, 0.717) is 19.6 Å². The lowest BCUT2D eigenvalue weighted by Crippen LogP contribution is -2.39. The molecule has 0 saturated carbocycles. The molecule has 0 aliphatic heterocycles. The Bertz CT molecular complexity index is 1030. The van der Waals surface area contributed by atoms with E-state index >= 15 is 0 Å². The Balaban J connectivity index is 1.91. The van der Waals surface area contributed by atoms with Gasteiger partial charge in [0.2, 0.25) is 5.91 Å². The van der Waals surface area contributed by atoms with Crippen molar-refractivity contribution in [3.05, 3.63) is 53.1 Å². The Morgan fingerprint density at radius 2 is 1.81 bits per heavy atom. The molecule has 0 spiro atoms. The normalized spacial score (nSPS) is 11.3. The maximum absolute atomic E-state index is 13.4. The second-order valence-corrected chi connectivity index (χ2v) is 8.71. The van der Waals surface area contributed by atoms with Gasteiger partial charge in [0.25, 0.3) is 0 Å². The van der Waals surface area contributed by atoms with Crippen molar-refractivity contribution >= 4 is 32.6 Å². The second-order valence-electron chi connectivity index (χ2n) is 7.70. The van der Waals surface area contributed by atoms with E-state index in [1.165, 1.54) is 11.1 Å². The summed E-state index contributed by atoms with van der Waals surface area (Å²) in [6.07, 6.45) is 0.369. The van der Waals surface area contributed by atoms with Crippen molar-refractivity contribution < 1.29 is 9.53 Å². The summed E-state index contributed by atoms with van der Waals surface area (Å²) < 4.78 is 6.79. The van der Waals surface area contributed by atoms with Crippen LogP contribution in [-0.4, -0.2) is 48.6 Å². The van der Waals surface area contributed by atoms with Crippen LogP contribution < -0.4 is 9.64 Å². The number of aromatic nitrogens is 1. The number of hydrogen-bond acceptors (Lipinski definition) is 5. The Morgan fingerprint density at radius 3 is 2.48 bits per heavy atom. The van der Waals surface area contributed by atoms with Crippen LogP contribution in [0.15, 0.2) is 36.4 Å². The fourth-order valence-corrected chi connectivity index (χ4v) is 4.62. The van der Waals surface area contributed by atoms with Crippen LogP contribution >= 0.6 is 11.3 Å². The van der Waals surface area contributed by atoms with Gasteiger partial charge in [-0.25, -0.2) is 4.98 Å². The number of para-hydroxylation sites is 1. The first-order valence-corrected chi connectivity index (χ1v) is 11.9. The molecule has 1 aromatic heterocycles. The van der Waals surface area contributed by atoms with Crippen molar-refractivity contribution in [2.75, 3.05) is 37.7 Å². The number of anilines is 1. The number of benzene rings is 2. The van der Waals surface area contributed by atoms with Gasteiger partial charge in [-0.3, -0.25) is 9.69 Å². The lowest BCUT2D eigenvalue weighted by molar-refractivity contribution is -0.118. The van der Waals surface area contributed by atoms with Crippen LogP contribution in [0.25, 0.3) is 10.2 Å². The lowest BCUT2D eigenvalue weighted by Gasteiger charge is -2.25. The van der Waals surface area contributed by atoms with Gasteiger partial charge in [0, 0.05) is 13.1 Å². The Hall–Kier alpha value is -2.44. The summed E-state index contributed by atoms with van der Waals surface area (Å²) in [6.45, 7) is 14.4. The van der Waals surface area contributed by atoms with E-state index in [1.54, 1.807) is 11.3 Å². The van der Waals surface area contributed by atoms with Crippen molar-refractivity contribution in [1.82, 2.24) is 9.88 Å². The minimum atomic E-state index is 0.0763. The van der Waals surface area contributed by atoms with E-state index in [2.05, 4.69) is 44.7 Å². The number of hydrogen-bond donors (Lipinski definition) is 0. The number of fused-ring (bicyclic) bond motifs is 1. The third-order valence-corrected chi connectivity index (χ3v) is 6.71. The van der Waals surface area contributed by atoms with E-state index in [9.17, 15) is 4.79 Å². The highest BCUT2D eigenvalue weighted by atomic mass is 32.1. The number of likely N-dealkylation sites (N-methyl/N-ethyl adjacent to an activating group) is 1. The second kappa shape index (κ2) is 10.7. The highest BCUT2D eigenvalue weighted by Gasteiger charge is 2.22. The molecule has 31 heavy (non-hydrogen) atoms. The largest absolute Gasteiger partial charge is 0.492 e. The molecule has 5 nitrogen and oxygen atoms in total. The molecule has 0 fully saturated rings. The van der Waals surface area contributed by atoms with Crippen LogP contribution in [0.3, 0.4) is 0 Å². The van der Waals surface area contributed by atoms with Crippen molar-refractivity contribution in [1.29, 1.82) is 0 Å². The average molecular weight is 440 g/mol. The summed E-state index contributed by atoms with van der Waals surface area (Å²) in [5, 5.41) is 0.739. The molecule has 3 aromatic rings. The summed E-state index contributed by atoms with van der Waals surface area (Å²) >= 11 is 1.55. The first kappa shape index (κ1) is 23.2. The molecule has 0 aliphatic rings. The smallest absolute Gasteiger partial charge is 0.233 e. The van der Waals surface area contributed by atoms with E-state index in [4.69, 9.17) is 9.72 Å². The van der Waals surface area contributed by atoms with Crippen LogP contribution in [0.1, 0.15) is 37.5 Å². The van der Waals surface area contributed by atoms with Gasteiger partial charge in [0.1, 0.15) is 11.3 Å². The number of rotatable bonds is 10. The number of carbonyl (C=O) groups is 1. The molecule has 3 rings (SSSR count). The van der Waals surface area contributed by atoms with Gasteiger partial charge >= 0.3 is 0 Å². The molecule has 6 heteroatoms. The standard InChI is InChI=1S/C25H33N3O2S/c1-6-27(7-2)14-15-28(23(29)17-20-13-12-18(4)19(5)16-20)25-26-24-21(30-8-3)10-9-11-22(24)31-25/h9-13,16H,6-8,14-15,17H2,1-5H3. The Kier molecular flexibility index (Phi) is 8.04. The fraction of sp³-hybridized carbons (Fsp3) is 0.440. The van der Waals surface area contributed by atoms with Crippen molar-refractivity contribution in [2.24, 2.45) is 0 Å². The molecule has 0 unspecified atom stereocenters. The van der Waals surface area contributed by atoms with Gasteiger partial charge in [-0.1, -0.05) is 49.4 Å². The van der Waals surface area contributed by atoms with E-state index in [-0.39, 0.29) is 5.91 Å². The first-order valence-electron chi connectivity index (χ1n) is 11.1. The molecule has 1 heterocycles. The predicted molar refractivity (Wildman–Crippen MR) is 131 cm³/mol. The molecule has 0 atom stereocenters. The number of ether oxygens (including phenoxy) is 1. The summed E-state index contributed by atoms with van der Waals surface area (Å²) in [7, 11) is 0. The molecular weight excluding hydrogens is 406 g/mol. The Labute approximate surface area is 189 Å². The number of thiazole rings is 1. The SMILES string of the molecule is CCOc1cccc2sc(N(CCN(CC)CC)C(=O)Cc3ccc(C)c(C)c3)nc12. The van der Waals surface area contributed by atoms with Crippen LogP contribution in [0, 0.1) is 13.8 Å². The van der Waals surface area contributed by atoms with Crippen molar-refractivity contribution in [3.63, 3.8) is 0 Å². The quantitative estimate of drug-likeness (QED) is 0.434. The van der Waals surface area contributed by atoms with Crippen LogP contribution in [0.5, 0.6) is 5.75 Å². The predicted octanol–water partition coefficient (Wildman–Crippen LogP) is 5.23. The zero-order valence-corrected chi connectivity index (χ0v) is 20.1. The molecule has 2 aromatic carbocycles. The van der Waals surface area contributed by atoms with Gasteiger partial charge in [-0.2, -0.15) is 0 Å². The van der Waals surface area contributed by atoms with Gasteiger partial charge < -0.3 is 9.64 Å². The Morgan fingerprint density at radius 1 is 1.03 bits per heavy atom. The summed E-state index contributed by atoms with van der Waals surface area (Å²) in [6, 6.07) is 12.2. The lowest BCUT2D eigenvalue weighted by atomic mass is 10.0. The minimum Gasteiger partial charge on any atom is -0.492 e. The van der Waals surface area contributed by atoms with Crippen LogP contribution in [-0.2, 0) is 11.2 Å². The maximum atomic E-state index is 13.4. The van der Waals surface area contributed by atoms with Crippen molar-refractivity contribution in [3.8, 4) is 5.75 Å². The average Bonchev–Trinajstić information content (AvgIpc) is 3.19. The molecule has 0 aliphatic carbocycles. The third kappa shape index (κ3) is 5.63. The van der Waals surface area contributed by atoms with Crippen LogP contribution in [0.2, 0.25) is 0 Å². The molecule has 1 amide bonds. The zero-order chi connectivity index (χ0) is 22.4. The highest BCUT2D eigenvalue weighted by molar-refractivity contribution is 7.22. The van der Waals surface area contributed by atoms with Gasteiger partial charge in [-0.05, 0) is 62.7 Å². The fourth-order valence-electron chi connectivity index (χ4n) is 3.59. The van der Waals surface area contributed by atoms with E-state index < -0.39 is 0 Å². The summed E-state index contributed by atoms with van der Waals surface area (Å²) in [5.41, 5.74) is 4.32. The van der Waals surface area contributed by atoms with E-state index in [0.717, 1.165) is 46.3 Å². The number of amides is 1. The zero-order valence-electron chi connectivity index (χ0n) is 19.3. The number of aryl methyl sites for hydroxylation is 2. The molecule has 166 valence electrons. The molecule has 0 bridgehead atoms. The summed E-state index contributed by atoms with van der Waals surface area (Å²) in [4.78, 5) is 22.4.